The molecular formula is C51H51N. The van der Waals surface area contributed by atoms with E-state index in [1.165, 1.54) is 72.3 Å². The number of allylic oxidation sites excluding steroid dienone is 4. The molecule has 0 aliphatic heterocycles. The molecule has 1 atom stereocenters. The van der Waals surface area contributed by atoms with Gasteiger partial charge in [0.2, 0.25) is 0 Å². The van der Waals surface area contributed by atoms with Gasteiger partial charge >= 0.3 is 0 Å². The summed E-state index contributed by atoms with van der Waals surface area (Å²) in [4.78, 5) is 0. The molecule has 0 fully saturated rings. The highest BCUT2D eigenvalue weighted by Gasteiger charge is 2.53. The Morgan fingerprint density at radius 3 is 1.71 bits per heavy atom. The van der Waals surface area contributed by atoms with Gasteiger partial charge in [0.1, 0.15) is 0 Å². The molecule has 3 aliphatic carbocycles. The summed E-state index contributed by atoms with van der Waals surface area (Å²) >= 11 is 0. The zero-order chi connectivity index (χ0) is 36.3. The maximum atomic E-state index is 3.55. The quantitative estimate of drug-likeness (QED) is 0.196. The Morgan fingerprint density at radius 1 is 0.558 bits per heavy atom. The topological polar surface area (TPSA) is 12.0 Å². The summed E-state index contributed by atoms with van der Waals surface area (Å²) in [6.45, 7) is 10.9. The van der Waals surface area contributed by atoms with Crippen LogP contribution in [0, 0.1) is 6.92 Å². The van der Waals surface area contributed by atoms with Crippen molar-refractivity contribution < 1.29 is 0 Å². The summed E-state index contributed by atoms with van der Waals surface area (Å²) in [5.74, 6) is 0. The first-order valence-electron chi connectivity index (χ1n) is 19.0. The van der Waals surface area contributed by atoms with Crippen molar-refractivity contribution in [2.75, 3.05) is 7.05 Å². The molecule has 6 aromatic rings. The molecule has 1 heteroatoms. The average Bonchev–Trinajstić information content (AvgIpc) is 3.50. The summed E-state index contributed by atoms with van der Waals surface area (Å²) in [5, 5.41) is 3.55. The molecular weight excluding hydrogens is 627 g/mol. The Balaban J connectivity index is 0.000000416. The third kappa shape index (κ3) is 5.88. The van der Waals surface area contributed by atoms with Crippen LogP contribution < -0.4 is 5.32 Å². The second-order valence-corrected chi connectivity index (χ2v) is 14.5. The lowest BCUT2D eigenvalue weighted by molar-refractivity contribution is 0.561. The number of fused-ring (bicyclic) bond motifs is 8. The molecule has 9 rings (SSSR count). The minimum absolute atomic E-state index is 0.0775. The van der Waals surface area contributed by atoms with Crippen molar-refractivity contribution in [3.05, 3.63) is 219 Å². The van der Waals surface area contributed by atoms with Crippen LogP contribution in [-0.2, 0) is 10.8 Å². The fraction of sp³-hybridized carbons (Fsp3) is 0.216. The summed E-state index contributed by atoms with van der Waals surface area (Å²) in [6.07, 6.45) is 7.02. The van der Waals surface area contributed by atoms with Crippen LogP contribution in [0.4, 0.5) is 0 Å². The van der Waals surface area contributed by atoms with E-state index in [0.29, 0.717) is 0 Å². The van der Waals surface area contributed by atoms with Crippen LogP contribution in [0.2, 0.25) is 0 Å². The van der Waals surface area contributed by atoms with Gasteiger partial charge in [-0.3, -0.25) is 0 Å². The molecule has 0 heterocycles. The van der Waals surface area contributed by atoms with Crippen LogP contribution >= 0.6 is 0 Å². The van der Waals surface area contributed by atoms with Crippen LogP contribution in [0.1, 0.15) is 96.6 Å². The number of rotatable bonds is 4. The first kappa shape index (κ1) is 35.2. The Bertz CT molecular complexity index is 2190. The predicted octanol–water partition coefficient (Wildman–Crippen LogP) is 12.8. The average molecular weight is 678 g/mol. The summed E-state index contributed by atoms with van der Waals surface area (Å²) in [7, 11) is 2.05. The predicted molar refractivity (Wildman–Crippen MR) is 222 cm³/mol. The van der Waals surface area contributed by atoms with Crippen LogP contribution in [0.15, 0.2) is 169 Å². The Kier molecular flexibility index (Phi) is 10.00. The van der Waals surface area contributed by atoms with E-state index in [9.17, 15) is 0 Å². The minimum atomic E-state index is -0.324. The van der Waals surface area contributed by atoms with E-state index in [-0.39, 0.29) is 16.9 Å². The van der Waals surface area contributed by atoms with E-state index in [1.54, 1.807) is 0 Å². The van der Waals surface area contributed by atoms with Crippen molar-refractivity contribution >= 4 is 5.57 Å². The normalized spacial score (nSPS) is 15.9. The molecule has 1 N–H and O–H groups in total. The zero-order valence-corrected chi connectivity index (χ0v) is 31.6. The van der Waals surface area contributed by atoms with Crippen LogP contribution in [0.5, 0.6) is 0 Å². The van der Waals surface area contributed by atoms with Crippen LogP contribution in [0.25, 0.3) is 16.7 Å². The van der Waals surface area contributed by atoms with Crippen LogP contribution in [-0.4, -0.2) is 7.05 Å². The maximum Gasteiger partial charge on any atom is 0.0716 e. The van der Waals surface area contributed by atoms with Crippen LogP contribution in [0.3, 0.4) is 0 Å². The number of benzene rings is 6. The smallest absolute Gasteiger partial charge is 0.0716 e. The number of hydrogen-bond acceptors (Lipinski definition) is 1. The highest BCUT2D eigenvalue weighted by Crippen LogP contribution is 2.62. The standard InChI is InChI=1S/C42H37N.C7H8.C2H6/c1-41(2)35-20-9-11-22-37(35)42(38-23-12-10-21-36(38)41)34-19-8-7-18-32(34)33-25-24-30(27-39(33)42)29-16-13-17-31(26-29)40(43-3)28-14-5-4-6-15-28;1-7-5-3-2-4-6-7;1-2/h4-6,8-17,19-27,40,43H,7,18H2,1-3H3;2-6H,1H3;1-2H3. The Labute approximate surface area is 311 Å². The van der Waals surface area contributed by atoms with E-state index in [2.05, 4.69) is 172 Å². The zero-order valence-electron chi connectivity index (χ0n) is 31.6. The molecule has 260 valence electrons. The lowest BCUT2D eigenvalue weighted by Crippen LogP contribution is -2.41. The third-order valence-electron chi connectivity index (χ3n) is 11.2. The van der Waals surface area contributed by atoms with E-state index in [0.717, 1.165) is 12.8 Å². The third-order valence-corrected chi connectivity index (χ3v) is 11.2. The van der Waals surface area contributed by atoms with Crippen molar-refractivity contribution in [1.82, 2.24) is 5.32 Å². The highest BCUT2D eigenvalue weighted by molar-refractivity contribution is 5.91. The Hall–Kier alpha value is -5.24. The van der Waals surface area contributed by atoms with Crippen molar-refractivity contribution in [1.29, 1.82) is 0 Å². The molecule has 0 bridgehead atoms. The molecule has 3 aliphatic rings. The summed E-state index contributed by atoms with van der Waals surface area (Å²) < 4.78 is 0. The monoisotopic (exact) mass is 677 g/mol. The summed E-state index contributed by atoms with van der Waals surface area (Å²) in [5.41, 5.74) is 17.5. The molecule has 0 aromatic heterocycles. The molecule has 0 saturated carbocycles. The molecule has 1 nitrogen and oxygen atoms in total. The fourth-order valence-electron chi connectivity index (χ4n) is 8.92. The second kappa shape index (κ2) is 14.8. The van der Waals surface area contributed by atoms with Crippen molar-refractivity contribution in [3.8, 4) is 11.1 Å². The lowest BCUT2D eigenvalue weighted by atomic mass is 9.55. The molecule has 1 unspecified atom stereocenters. The van der Waals surface area contributed by atoms with Crippen molar-refractivity contribution in [2.24, 2.45) is 0 Å². The SMILES string of the molecule is CC.CNC(c1ccccc1)c1cccc(-c2ccc3c(c2)C2(C4=C3CCC=C4)c3ccccc3C(C)(C)c3ccccc32)c1.Cc1ccccc1. The van der Waals surface area contributed by atoms with Gasteiger partial charge in [0.25, 0.3) is 0 Å². The molecule has 1 spiro atoms. The van der Waals surface area contributed by atoms with Crippen molar-refractivity contribution in [3.63, 3.8) is 0 Å². The molecule has 52 heavy (non-hydrogen) atoms. The van der Waals surface area contributed by atoms with E-state index < -0.39 is 0 Å². The van der Waals surface area contributed by atoms with Crippen molar-refractivity contribution in [2.45, 2.75) is 64.3 Å². The van der Waals surface area contributed by atoms with Gasteiger partial charge < -0.3 is 5.32 Å². The van der Waals surface area contributed by atoms with Gasteiger partial charge in [-0.2, -0.15) is 0 Å². The molecule has 0 saturated heterocycles. The van der Waals surface area contributed by atoms with E-state index in [1.807, 2.05) is 39.1 Å². The lowest BCUT2D eigenvalue weighted by Gasteiger charge is -2.47. The number of hydrogen-bond donors (Lipinski definition) is 1. The molecule has 6 aromatic carbocycles. The fourth-order valence-corrected chi connectivity index (χ4v) is 8.92. The van der Waals surface area contributed by atoms with Gasteiger partial charge in [-0.05, 0) is 106 Å². The first-order valence-corrected chi connectivity index (χ1v) is 19.0. The number of aryl methyl sites for hydroxylation is 1. The molecule has 0 radical (unpaired) electrons. The maximum absolute atomic E-state index is 3.55. The van der Waals surface area contributed by atoms with Gasteiger partial charge in [0.05, 0.1) is 11.5 Å². The Morgan fingerprint density at radius 2 is 1.12 bits per heavy atom. The van der Waals surface area contributed by atoms with E-state index >= 15 is 0 Å². The van der Waals surface area contributed by atoms with E-state index in [4.69, 9.17) is 0 Å². The second-order valence-electron chi connectivity index (χ2n) is 14.5. The van der Waals surface area contributed by atoms with Gasteiger partial charge in [-0.1, -0.05) is 185 Å². The number of nitrogens with one attached hydrogen (secondary N) is 1. The molecule has 0 amide bonds. The van der Waals surface area contributed by atoms with Gasteiger partial charge in [0.15, 0.2) is 0 Å². The largest absolute Gasteiger partial charge is 0.309 e. The van der Waals surface area contributed by atoms with Gasteiger partial charge in [-0.25, -0.2) is 0 Å². The summed E-state index contributed by atoms with van der Waals surface area (Å²) in [6, 6.07) is 56.0. The highest BCUT2D eigenvalue weighted by atomic mass is 14.9. The van der Waals surface area contributed by atoms with Gasteiger partial charge in [0, 0.05) is 5.41 Å². The van der Waals surface area contributed by atoms with Gasteiger partial charge in [-0.15, -0.1) is 0 Å². The minimum Gasteiger partial charge on any atom is -0.309 e. The first-order chi connectivity index (χ1) is 25.4.